The van der Waals surface area contributed by atoms with Crippen molar-refractivity contribution in [1.82, 2.24) is 5.32 Å². The number of carbonyl (C=O) groups is 2. The Balaban J connectivity index is 2.06. The minimum absolute atomic E-state index is 0.0606. The first-order valence-corrected chi connectivity index (χ1v) is 11.5. The second-order valence-corrected chi connectivity index (χ2v) is 8.12. The molecule has 2 unspecified atom stereocenters. The Hall–Kier alpha value is -3.08. The third-order valence-electron chi connectivity index (χ3n) is 5.39. The molecule has 1 aromatic carbocycles. The van der Waals surface area contributed by atoms with Crippen LogP contribution in [0.5, 0.6) is 5.75 Å². The van der Waals surface area contributed by atoms with Gasteiger partial charge in [-0.3, -0.25) is 4.79 Å². The van der Waals surface area contributed by atoms with Crippen LogP contribution in [0.4, 0.5) is 0 Å². The lowest BCUT2D eigenvalue weighted by atomic mass is 9.97. The van der Waals surface area contributed by atoms with Crippen LogP contribution in [-0.2, 0) is 16.0 Å². The van der Waals surface area contributed by atoms with E-state index in [0.29, 0.717) is 18.8 Å². The first-order valence-electron chi connectivity index (χ1n) is 11.5. The summed E-state index contributed by atoms with van der Waals surface area (Å²) in [7, 11) is 0. The van der Waals surface area contributed by atoms with Gasteiger partial charge in [-0.25, -0.2) is 4.79 Å². The molecule has 5 nitrogen and oxygen atoms in total. The fraction of sp³-hybridized carbons (Fsp3) is 0.407. The maximum Gasteiger partial charge on any atom is 0.342 e. The van der Waals surface area contributed by atoms with Crippen molar-refractivity contribution in [3.05, 3.63) is 78.1 Å². The highest BCUT2D eigenvalue weighted by Gasteiger charge is 2.21. The molecule has 1 heterocycles. The maximum absolute atomic E-state index is 12.9. The zero-order valence-corrected chi connectivity index (χ0v) is 19.1. The van der Waals surface area contributed by atoms with E-state index in [4.69, 9.17) is 4.74 Å². The molecule has 0 radical (unpaired) electrons. The van der Waals surface area contributed by atoms with Crippen molar-refractivity contribution in [2.45, 2.75) is 64.9 Å². The van der Waals surface area contributed by atoms with E-state index >= 15 is 0 Å². The molecule has 0 bridgehead atoms. The number of ether oxygens (including phenoxy) is 1. The molecule has 1 aliphatic rings. The number of rotatable bonds is 6. The minimum atomic E-state index is -0.508. The third kappa shape index (κ3) is 8.96. The smallest absolute Gasteiger partial charge is 0.342 e. The van der Waals surface area contributed by atoms with Crippen LogP contribution in [0.15, 0.2) is 66.9 Å². The molecule has 0 saturated heterocycles. The van der Waals surface area contributed by atoms with Gasteiger partial charge in [-0.1, -0.05) is 62.4 Å². The van der Waals surface area contributed by atoms with Gasteiger partial charge in [0.1, 0.15) is 17.4 Å². The number of fused-ring (bicyclic) bond motifs is 1. The Labute approximate surface area is 191 Å². The molecular formula is C27H35NO4. The van der Waals surface area contributed by atoms with Crippen LogP contribution in [-0.4, -0.2) is 23.1 Å². The molecule has 32 heavy (non-hydrogen) atoms. The van der Waals surface area contributed by atoms with Crippen LogP contribution < -0.4 is 5.32 Å². The van der Waals surface area contributed by atoms with Crippen molar-refractivity contribution in [3.63, 3.8) is 0 Å². The number of aromatic hydroxyl groups is 1. The number of phenolic OH excluding ortho intramolecular Hbond substituents is 1. The SMILES string of the molecule is CC/C=C\C=C/C(=O)N/C=C/CC1CCC(C)CC/C=C/Cc2cccc(O)c2C(=O)O1. The van der Waals surface area contributed by atoms with Crippen LogP contribution in [0.1, 0.15) is 68.3 Å². The fourth-order valence-corrected chi connectivity index (χ4v) is 3.52. The van der Waals surface area contributed by atoms with Gasteiger partial charge >= 0.3 is 5.97 Å². The van der Waals surface area contributed by atoms with Gasteiger partial charge in [-0.15, -0.1) is 0 Å². The number of esters is 1. The van der Waals surface area contributed by atoms with Crippen LogP contribution in [0, 0.1) is 5.92 Å². The van der Waals surface area contributed by atoms with Gasteiger partial charge in [0.2, 0.25) is 5.91 Å². The summed E-state index contributed by atoms with van der Waals surface area (Å²) >= 11 is 0. The lowest BCUT2D eigenvalue weighted by Crippen LogP contribution is -2.20. The Morgan fingerprint density at radius 2 is 2.03 bits per heavy atom. The summed E-state index contributed by atoms with van der Waals surface area (Å²) in [5, 5.41) is 13.0. The number of amides is 1. The van der Waals surface area contributed by atoms with Crippen molar-refractivity contribution >= 4 is 11.9 Å². The lowest BCUT2D eigenvalue weighted by molar-refractivity contribution is -0.115. The van der Waals surface area contributed by atoms with E-state index in [1.165, 1.54) is 12.1 Å². The number of phenols is 1. The Kier molecular flexibility index (Phi) is 11.1. The van der Waals surface area contributed by atoms with Gasteiger partial charge < -0.3 is 15.2 Å². The van der Waals surface area contributed by atoms with Crippen molar-refractivity contribution < 1.29 is 19.4 Å². The molecule has 1 aliphatic heterocycles. The molecule has 2 atom stereocenters. The van der Waals surface area contributed by atoms with Crippen LogP contribution >= 0.6 is 0 Å². The summed E-state index contributed by atoms with van der Waals surface area (Å²) in [6.45, 7) is 4.24. The summed E-state index contributed by atoms with van der Waals surface area (Å²) in [5.74, 6) is -0.266. The molecule has 0 aliphatic carbocycles. The van der Waals surface area contributed by atoms with E-state index in [1.54, 1.807) is 18.3 Å². The number of hydrogen-bond acceptors (Lipinski definition) is 4. The van der Waals surface area contributed by atoms with Crippen molar-refractivity contribution in [1.29, 1.82) is 0 Å². The zero-order valence-electron chi connectivity index (χ0n) is 19.1. The largest absolute Gasteiger partial charge is 0.507 e. The Bertz CT molecular complexity index is 866. The van der Waals surface area contributed by atoms with Crippen molar-refractivity contribution in [3.8, 4) is 5.75 Å². The highest BCUT2D eigenvalue weighted by molar-refractivity contribution is 5.94. The zero-order chi connectivity index (χ0) is 23.2. The molecule has 1 aromatic rings. The average Bonchev–Trinajstić information content (AvgIpc) is 2.78. The number of hydrogen-bond donors (Lipinski definition) is 2. The summed E-state index contributed by atoms with van der Waals surface area (Å²) in [6, 6.07) is 5.10. The predicted octanol–water partition coefficient (Wildman–Crippen LogP) is 5.77. The maximum atomic E-state index is 12.9. The van der Waals surface area contributed by atoms with E-state index < -0.39 is 5.97 Å². The van der Waals surface area contributed by atoms with E-state index in [-0.39, 0.29) is 23.3 Å². The van der Waals surface area contributed by atoms with Gasteiger partial charge in [-0.2, -0.15) is 0 Å². The van der Waals surface area contributed by atoms with Gasteiger partial charge in [0, 0.05) is 18.7 Å². The van der Waals surface area contributed by atoms with Crippen molar-refractivity contribution in [2.24, 2.45) is 5.92 Å². The van der Waals surface area contributed by atoms with Crippen LogP contribution in [0.25, 0.3) is 0 Å². The first-order chi connectivity index (χ1) is 15.5. The van der Waals surface area contributed by atoms with Gasteiger partial charge in [0.05, 0.1) is 0 Å². The van der Waals surface area contributed by atoms with Crippen LogP contribution in [0.3, 0.4) is 0 Å². The second-order valence-electron chi connectivity index (χ2n) is 8.12. The Morgan fingerprint density at radius 3 is 2.84 bits per heavy atom. The molecule has 0 saturated carbocycles. The van der Waals surface area contributed by atoms with E-state index in [1.807, 2.05) is 37.3 Å². The molecule has 5 heteroatoms. The standard InChI is InChI=1S/C27H35NO4/c1-3-4-5-9-17-25(30)28-20-11-15-23-19-18-21(2)12-7-6-8-13-22-14-10-16-24(29)26(22)27(31)32-23/h4-6,8-11,14,16-17,20-21,23,29H,3,7,12-13,15,18-19H2,1-2H3,(H,28,30)/b5-4-,8-6+,17-9-,20-11+. The molecule has 2 N–H and O–H groups in total. The van der Waals surface area contributed by atoms with Crippen LogP contribution in [0.2, 0.25) is 0 Å². The van der Waals surface area contributed by atoms with E-state index in [0.717, 1.165) is 37.7 Å². The van der Waals surface area contributed by atoms with E-state index in [2.05, 4.69) is 18.3 Å². The summed E-state index contributed by atoms with van der Waals surface area (Å²) in [4.78, 5) is 24.7. The Morgan fingerprint density at radius 1 is 1.19 bits per heavy atom. The quantitative estimate of drug-likeness (QED) is 0.256. The fourth-order valence-electron chi connectivity index (χ4n) is 3.52. The molecule has 2 rings (SSSR count). The molecule has 172 valence electrons. The molecular weight excluding hydrogens is 402 g/mol. The normalized spacial score (nSPS) is 21.5. The number of benzene rings is 1. The average molecular weight is 438 g/mol. The number of nitrogens with one attached hydrogen (secondary N) is 1. The highest BCUT2D eigenvalue weighted by Crippen LogP contribution is 2.26. The van der Waals surface area contributed by atoms with Gasteiger partial charge in [0.15, 0.2) is 0 Å². The number of allylic oxidation sites excluding steroid dienone is 5. The number of carbonyl (C=O) groups excluding carboxylic acids is 2. The summed E-state index contributed by atoms with van der Waals surface area (Å²) in [6.07, 6.45) is 19.9. The lowest BCUT2D eigenvalue weighted by Gasteiger charge is -2.19. The third-order valence-corrected chi connectivity index (χ3v) is 5.39. The van der Waals surface area contributed by atoms with Gasteiger partial charge in [0.25, 0.3) is 0 Å². The molecule has 0 fully saturated rings. The number of cyclic esters (lactones) is 1. The summed E-state index contributed by atoms with van der Waals surface area (Å²) < 4.78 is 5.81. The monoisotopic (exact) mass is 437 g/mol. The molecule has 1 amide bonds. The topological polar surface area (TPSA) is 75.6 Å². The highest BCUT2D eigenvalue weighted by atomic mass is 16.5. The van der Waals surface area contributed by atoms with Gasteiger partial charge in [-0.05, 0) is 56.1 Å². The first kappa shape index (κ1) is 25.2. The minimum Gasteiger partial charge on any atom is -0.507 e. The predicted molar refractivity (Wildman–Crippen MR) is 128 cm³/mol. The second kappa shape index (κ2) is 14.1. The molecule has 0 spiro atoms. The summed E-state index contributed by atoms with van der Waals surface area (Å²) in [5.41, 5.74) is 0.987. The molecule has 0 aromatic heterocycles. The van der Waals surface area contributed by atoms with E-state index in [9.17, 15) is 14.7 Å². The van der Waals surface area contributed by atoms with Crippen molar-refractivity contribution in [2.75, 3.05) is 0 Å².